The number of rotatable bonds is 11. The Morgan fingerprint density at radius 2 is 1.80 bits per heavy atom. The quantitative estimate of drug-likeness (QED) is 0.487. The van der Waals surface area contributed by atoms with Crippen LogP contribution in [0.15, 0.2) is 29.2 Å². The van der Waals surface area contributed by atoms with E-state index in [1.807, 2.05) is 0 Å². The average Bonchev–Trinajstić information content (AvgIpc) is 2.76. The Hall–Kier alpha value is -2.01. The number of hydrogen-bond donors (Lipinski definition) is 2. The SMILES string of the molecule is COCCCNC(=O)C1CCN(C(=O)c2cccc(S(=O)(=O)NCCOC)c2)CC1. The molecule has 0 aromatic heterocycles. The Kier molecular flexibility index (Phi) is 9.70. The minimum Gasteiger partial charge on any atom is -0.385 e. The summed E-state index contributed by atoms with van der Waals surface area (Å²) < 4.78 is 37.0. The molecule has 0 unspecified atom stereocenters. The van der Waals surface area contributed by atoms with Crippen molar-refractivity contribution in [3.05, 3.63) is 29.8 Å². The summed E-state index contributed by atoms with van der Waals surface area (Å²) >= 11 is 0. The summed E-state index contributed by atoms with van der Waals surface area (Å²) in [6, 6.07) is 5.99. The summed E-state index contributed by atoms with van der Waals surface area (Å²) in [5.74, 6) is -0.343. The molecule has 30 heavy (non-hydrogen) atoms. The molecule has 1 aliphatic heterocycles. The van der Waals surface area contributed by atoms with Gasteiger partial charge in [-0.3, -0.25) is 9.59 Å². The fourth-order valence-corrected chi connectivity index (χ4v) is 4.32. The van der Waals surface area contributed by atoms with Crippen molar-refractivity contribution in [2.24, 2.45) is 5.92 Å². The highest BCUT2D eigenvalue weighted by Crippen LogP contribution is 2.20. The first-order valence-electron chi connectivity index (χ1n) is 10.0. The Morgan fingerprint density at radius 1 is 1.10 bits per heavy atom. The number of carbonyl (C=O) groups is 2. The number of benzene rings is 1. The fourth-order valence-electron chi connectivity index (χ4n) is 3.26. The van der Waals surface area contributed by atoms with Crippen LogP contribution in [-0.2, 0) is 24.3 Å². The molecule has 168 valence electrons. The number of sulfonamides is 1. The third kappa shape index (κ3) is 7.05. The van der Waals surface area contributed by atoms with E-state index in [1.165, 1.54) is 19.2 Å². The smallest absolute Gasteiger partial charge is 0.253 e. The van der Waals surface area contributed by atoms with Crippen LogP contribution in [0.3, 0.4) is 0 Å². The molecule has 2 amide bonds. The highest BCUT2D eigenvalue weighted by Gasteiger charge is 2.28. The second-order valence-electron chi connectivity index (χ2n) is 7.12. The van der Waals surface area contributed by atoms with Gasteiger partial charge in [0.15, 0.2) is 0 Å². The number of likely N-dealkylation sites (tertiary alicyclic amines) is 1. The summed E-state index contributed by atoms with van der Waals surface area (Å²) in [7, 11) is -0.604. The number of methoxy groups -OCH3 is 2. The molecule has 1 fully saturated rings. The first-order chi connectivity index (χ1) is 14.4. The zero-order valence-electron chi connectivity index (χ0n) is 17.6. The molecule has 10 heteroatoms. The minimum atomic E-state index is -3.71. The molecule has 2 rings (SSSR count). The number of carbonyl (C=O) groups excluding carboxylic acids is 2. The van der Waals surface area contributed by atoms with Gasteiger partial charge < -0.3 is 19.7 Å². The summed E-state index contributed by atoms with van der Waals surface area (Å²) in [4.78, 5) is 26.8. The summed E-state index contributed by atoms with van der Waals surface area (Å²) in [5, 5.41) is 2.90. The van der Waals surface area contributed by atoms with Crippen molar-refractivity contribution in [3.63, 3.8) is 0 Å². The van der Waals surface area contributed by atoms with E-state index < -0.39 is 10.0 Å². The van der Waals surface area contributed by atoms with Gasteiger partial charge in [-0.05, 0) is 37.5 Å². The number of nitrogens with one attached hydrogen (secondary N) is 2. The third-order valence-corrected chi connectivity index (χ3v) is 6.43. The Labute approximate surface area is 178 Å². The van der Waals surface area contributed by atoms with Crippen LogP contribution in [-0.4, -0.2) is 78.7 Å². The van der Waals surface area contributed by atoms with Gasteiger partial charge in [-0.2, -0.15) is 0 Å². The Bertz CT molecular complexity index is 807. The molecule has 0 spiro atoms. The first kappa shape index (κ1) is 24.3. The van der Waals surface area contributed by atoms with Crippen molar-refractivity contribution in [1.29, 1.82) is 0 Å². The summed E-state index contributed by atoms with van der Waals surface area (Å²) in [5.41, 5.74) is 0.312. The Morgan fingerprint density at radius 3 is 2.47 bits per heavy atom. The fraction of sp³-hybridized carbons (Fsp3) is 0.600. The van der Waals surface area contributed by atoms with E-state index in [1.54, 1.807) is 24.1 Å². The van der Waals surface area contributed by atoms with Crippen molar-refractivity contribution in [1.82, 2.24) is 14.9 Å². The van der Waals surface area contributed by atoms with E-state index in [0.717, 1.165) is 6.42 Å². The number of nitrogens with zero attached hydrogens (tertiary/aromatic N) is 1. The van der Waals surface area contributed by atoms with E-state index in [9.17, 15) is 18.0 Å². The molecule has 1 heterocycles. The number of piperidine rings is 1. The number of hydrogen-bond acceptors (Lipinski definition) is 6. The molecular weight excluding hydrogens is 410 g/mol. The minimum absolute atomic E-state index is 0.00780. The van der Waals surface area contributed by atoms with E-state index in [2.05, 4.69) is 10.0 Å². The molecule has 1 saturated heterocycles. The second kappa shape index (κ2) is 12.0. The standard InChI is InChI=1S/C20H31N3O6S/c1-28-13-4-9-21-19(24)16-7-11-23(12-8-16)20(25)17-5-3-6-18(15-17)30(26,27)22-10-14-29-2/h3,5-6,15-16,22H,4,7-14H2,1-2H3,(H,21,24). The van der Waals surface area contributed by atoms with Crippen LogP contribution in [0.25, 0.3) is 0 Å². The molecular formula is C20H31N3O6S. The monoisotopic (exact) mass is 441 g/mol. The van der Waals surface area contributed by atoms with Crippen LogP contribution in [0.2, 0.25) is 0 Å². The molecule has 0 bridgehead atoms. The van der Waals surface area contributed by atoms with Gasteiger partial charge in [0.05, 0.1) is 11.5 Å². The molecule has 0 aliphatic carbocycles. The molecule has 0 saturated carbocycles. The van der Waals surface area contributed by atoms with Crippen molar-refractivity contribution in [3.8, 4) is 0 Å². The molecule has 0 atom stereocenters. The van der Waals surface area contributed by atoms with Crippen LogP contribution in [0.4, 0.5) is 0 Å². The average molecular weight is 442 g/mol. The molecule has 1 aromatic rings. The third-order valence-electron chi connectivity index (χ3n) is 4.97. The van der Waals surface area contributed by atoms with Gasteiger partial charge in [0, 0.05) is 58.5 Å². The lowest BCUT2D eigenvalue weighted by molar-refractivity contribution is -0.126. The first-order valence-corrected chi connectivity index (χ1v) is 11.5. The van der Waals surface area contributed by atoms with Crippen molar-refractivity contribution in [2.45, 2.75) is 24.2 Å². The molecule has 0 radical (unpaired) electrons. The van der Waals surface area contributed by atoms with E-state index in [-0.39, 0.29) is 35.8 Å². The van der Waals surface area contributed by atoms with Gasteiger partial charge in [0.2, 0.25) is 15.9 Å². The van der Waals surface area contributed by atoms with E-state index in [4.69, 9.17) is 9.47 Å². The largest absolute Gasteiger partial charge is 0.385 e. The highest BCUT2D eigenvalue weighted by atomic mass is 32.2. The lowest BCUT2D eigenvalue weighted by Gasteiger charge is -2.31. The van der Waals surface area contributed by atoms with Gasteiger partial charge in [0.1, 0.15) is 0 Å². The number of amides is 2. The predicted octanol–water partition coefficient (Wildman–Crippen LogP) is 0.616. The van der Waals surface area contributed by atoms with Crippen LogP contribution in [0.5, 0.6) is 0 Å². The van der Waals surface area contributed by atoms with Crippen molar-refractivity contribution < 1.29 is 27.5 Å². The molecule has 1 aliphatic rings. The molecule has 9 nitrogen and oxygen atoms in total. The van der Waals surface area contributed by atoms with E-state index in [0.29, 0.717) is 44.6 Å². The van der Waals surface area contributed by atoms with Gasteiger partial charge in [0.25, 0.3) is 5.91 Å². The maximum absolute atomic E-state index is 12.8. The van der Waals surface area contributed by atoms with Crippen molar-refractivity contribution >= 4 is 21.8 Å². The van der Waals surface area contributed by atoms with Crippen LogP contribution in [0.1, 0.15) is 29.6 Å². The lowest BCUT2D eigenvalue weighted by Crippen LogP contribution is -2.43. The van der Waals surface area contributed by atoms with Gasteiger partial charge in [-0.1, -0.05) is 6.07 Å². The van der Waals surface area contributed by atoms with Crippen LogP contribution >= 0.6 is 0 Å². The van der Waals surface area contributed by atoms with Crippen molar-refractivity contribution in [2.75, 3.05) is 53.6 Å². The normalized spacial score (nSPS) is 15.2. The maximum atomic E-state index is 12.8. The zero-order valence-corrected chi connectivity index (χ0v) is 18.4. The van der Waals surface area contributed by atoms with Gasteiger partial charge >= 0.3 is 0 Å². The Balaban J connectivity index is 1.91. The lowest BCUT2D eigenvalue weighted by atomic mass is 9.95. The molecule has 2 N–H and O–H groups in total. The predicted molar refractivity (Wildman–Crippen MR) is 112 cm³/mol. The zero-order chi connectivity index (χ0) is 22.0. The van der Waals surface area contributed by atoms with Gasteiger partial charge in [-0.25, -0.2) is 13.1 Å². The van der Waals surface area contributed by atoms with Crippen LogP contribution in [0, 0.1) is 5.92 Å². The second-order valence-corrected chi connectivity index (χ2v) is 8.89. The van der Waals surface area contributed by atoms with Gasteiger partial charge in [-0.15, -0.1) is 0 Å². The highest BCUT2D eigenvalue weighted by molar-refractivity contribution is 7.89. The van der Waals surface area contributed by atoms with Crippen LogP contribution < -0.4 is 10.0 Å². The summed E-state index contributed by atoms with van der Waals surface area (Å²) in [6.45, 7) is 2.50. The van der Waals surface area contributed by atoms with E-state index >= 15 is 0 Å². The number of ether oxygens (including phenoxy) is 2. The summed E-state index contributed by atoms with van der Waals surface area (Å²) in [6.07, 6.45) is 1.93. The maximum Gasteiger partial charge on any atom is 0.253 e. The molecule has 1 aromatic carbocycles. The topological polar surface area (TPSA) is 114 Å².